The fraction of sp³-hybridized carbons (Fsp3) is 0.765. The van der Waals surface area contributed by atoms with E-state index in [0.29, 0.717) is 24.3 Å². The van der Waals surface area contributed by atoms with Crippen molar-refractivity contribution in [1.29, 1.82) is 0 Å². The smallest absolute Gasteiger partial charge is 0.246 e. The van der Waals surface area contributed by atoms with Crippen LogP contribution in [0.4, 0.5) is 0 Å². The normalized spacial score (nSPS) is 25.4. The highest BCUT2D eigenvalue weighted by atomic mass is 16.5. The molecule has 0 saturated heterocycles. The van der Waals surface area contributed by atoms with Crippen LogP contribution in [0.25, 0.3) is 0 Å². The van der Waals surface area contributed by atoms with E-state index in [0.717, 1.165) is 13.0 Å². The van der Waals surface area contributed by atoms with E-state index >= 15 is 0 Å². The number of rotatable bonds is 7. The third-order valence-corrected chi connectivity index (χ3v) is 4.64. The van der Waals surface area contributed by atoms with Gasteiger partial charge in [-0.1, -0.05) is 27.2 Å². The Balaban J connectivity index is 1.69. The first-order valence-electron chi connectivity index (χ1n) is 8.40. The molecule has 1 fully saturated rings. The molecule has 124 valence electrons. The van der Waals surface area contributed by atoms with Crippen LogP contribution >= 0.6 is 0 Å². The standard InChI is InChI=1S/C17H29N3O2/c1-13(2)15-5-4-14(3)10-16(15)22-11-17(21)19-7-9-20-8-6-18-12-20/h6,8,12-16H,4-5,7,9-11H2,1-3H3,(H,19,21)/t14-,15-,16-/m1/s1. The van der Waals surface area contributed by atoms with Gasteiger partial charge in [-0.25, -0.2) is 4.98 Å². The van der Waals surface area contributed by atoms with Crippen molar-refractivity contribution in [2.45, 2.75) is 52.7 Å². The lowest BCUT2D eigenvalue weighted by Gasteiger charge is -2.37. The Morgan fingerprint density at radius 3 is 2.95 bits per heavy atom. The van der Waals surface area contributed by atoms with Crippen LogP contribution in [0.3, 0.4) is 0 Å². The molecule has 5 heteroatoms. The predicted molar refractivity (Wildman–Crippen MR) is 86.3 cm³/mol. The fourth-order valence-corrected chi connectivity index (χ4v) is 3.28. The van der Waals surface area contributed by atoms with Crippen LogP contribution in [-0.2, 0) is 16.1 Å². The zero-order valence-electron chi connectivity index (χ0n) is 14.0. The Bertz CT molecular complexity index is 445. The van der Waals surface area contributed by atoms with E-state index in [-0.39, 0.29) is 18.6 Å². The van der Waals surface area contributed by atoms with E-state index < -0.39 is 0 Å². The van der Waals surface area contributed by atoms with Crippen molar-refractivity contribution >= 4 is 5.91 Å². The van der Waals surface area contributed by atoms with Gasteiger partial charge in [-0.3, -0.25) is 4.79 Å². The molecule has 1 saturated carbocycles. The van der Waals surface area contributed by atoms with Crippen LogP contribution in [-0.4, -0.2) is 34.7 Å². The molecule has 0 aromatic carbocycles. The number of hydrogen-bond acceptors (Lipinski definition) is 3. The van der Waals surface area contributed by atoms with Crippen LogP contribution in [0.1, 0.15) is 40.0 Å². The molecule has 0 bridgehead atoms. The van der Waals surface area contributed by atoms with Gasteiger partial charge in [-0.2, -0.15) is 0 Å². The number of amides is 1. The molecule has 1 N–H and O–H groups in total. The second-order valence-corrected chi connectivity index (χ2v) is 6.83. The highest BCUT2D eigenvalue weighted by molar-refractivity contribution is 5.77. The van der Waals surface area contributed by atoms with Crippen molar-refractivity contribution in [3.8, 4) is 0 Å². The van der Waals surface area contributed by atoms with Gasteiger partial charge in [0.05, 0.1) is 12.4 Å². The molecule has 1 amide bonds. The monoisotopic (exact) mass is 307 g/mol. The number of nitrogens with zero attached hydrogens (tertiary/aromatic N) is 2. The minimum absolute atomic E-state index is 0.0270. The van der Waals surface area contributed by atoms with Gasteiger partial charge in [-0.05, 0) is 30.6 Å². The molecular formula is C17H29N3O2. The van der Waals surface area contributed by atoms with Crippen LogP contribution in [0.2, 0.25) is 0 Å². The maximum absolute atomic E-state index is 11.9. The maximum atomic E-state index is 11.9. The first-order valence-corrected chi connectivity index (χ1v) is 8.40. The summed E-state index contributed by atoms with van der Waals surface area (Å²) in [6, 6.07) is 0. The Kier molecular flexibility index (Phi) is 6.43. The third kappa shape index (κ3) is 5.13. The Morgan fingerprint density at radius 2 is 2.27 bits per heavy atom. The Hall–Kier alpha value is -1.36. The SMILES string of the molecule is CC(C)[C@H]1CC[C@@H](C)C[C@H]1OCC(=O)NCCn1ccnc1. The first kappa shape index (κ1) is 17.0. The lowest BCUT2D eigenvalue weighted by molar-refractivity contribution is -0.131. The van der Waals surface area contributed by atoms with Gasteiger partial charge in [0, 0.05) is 25.5 Å². The summed E-state index contributed by atoms with van der Waals surface area (Å²) in [7, 11) is 0. The van der Waals surface area contributed by atoms with E-state index in [1.807, 2.05) is 10.8 Å². The van der Waals surface area contributed by atoms with Gasteiger partial charge in [-0.15, -0.1) is 0 Å². The van der Waals surface area contributed by atoms with Crippen molar-refractivity contribution in [2.75, 3.05) is 13.2 Å². The molecule has 1 aromatic heterocycles. The molecule has 1 aliphatic carbocycles. The molecule has 2 rings (SSSR count). The molecule has 1 heterocycles. The van der Waals surface area contributed by atoms with Crippen molar-refractivity contribution in [3.05, 3.63) is 18.7 Å². The zero-order valence-corrected chi connectivity index (χ0v) is 14.0. The number of imidazole rings is 1. The third-order valence-electron chi connectivity index (χ3n) is 4.64. The number of hydrogen-bond donors (Lipinski definition) is 1. The van der Waals surface area contributed by atoms with Crippen LogP contribution in [0, 0.1) is 17.8 Å². The maximum Gasteiger partial charge on any atom is 0.246 e. The molecule has 0 unspecified atom stereocenters. The molecule has 0 radical (unpaired) electrons. The van der Waals surface area contributed by atoms with Crippen molar-refractivity contribution in [1.82, 2.24) is 14.9 Å². The molecular weight excluding hydrogens is 278 g/mol. The summed E-state index contributed by atoms with van der Waals surface area (Å²) in [5.41, 5.74) is 0. The van der Waals surface area contributed by atoms with Gasteiger partial charge in [0.2, 0.25) is 5.91 Å². The average molecular weight is 307 g/mol. The largest absolute Gasteiger partial charge is 0.368 e. The van der Waals surface area contributed by atoms with Crippen molar-refractivity contribution in [3.63, 3.8) is 0 Å². The number of nitrogens with one attached hydrogen (secondary N) is 1. The minimum Gasteiger partial charge on any atom is -0.368 e. The lowest BCUT2D eigenvalue weighted by atomic mass is 9.75. The first-order chi connectivity index (χ1) is 10.6. The fourth-order valence-electron chi connectivity index (χ4n) is 3.28. The molecule has 1 aliphatic rings. The summed E-state index contributed by atoms with van der Waals surface area (Å²) in [4.78, 5) is 15.9. The zero-order chi connectivity index (χ0) is 15.9. The number of ether oxygens (including phenoxy) is 1. The topological polar surface area (TPSA) is 56.1 Å². The van der Waals surface area contributed by atoms with Gasteiger partial charge in [0.1, 0.15) is 6.61 Å². The molecule has 22 heavy (non-hydrogen) atoms. The number of aromatic nitrogens is 2. The Morgan fingerprint density at radius 1 is 1.45 bits per heavy atom. The summed E-state index contributed by atoms with van der Waals surface area (Å²) >= 11 is 0. The van der Waals surface area contributed by atoms with E-state index in [2.05, 4.69) is 31.1 Å². The number of carbonyl (C=O) groups is 1. The Labute approximate surface area is 133 Å². The van der Waals surface area contributed by atoms with Gasteiger partial charge < -0.3 is 14.6 Å². The highest BCUT2D eigenvalue weighted by Crippen LogP contribution is 2.35. The van der Waals surface area contributed by atoms with Gasteiger partial charge in [0.15, 0.2) is 0 Å². The van der Waals surface area contributed by atoms with Crippen molar-refractivity contribution < 1.29 is 9.53 Å². The predicted octanol–water partition coefficient (Wildman–Crippen LogP) is 2.48. The molecule has 5 nitrogen and oxygen atoms in total. The molecule has 3 atom stereocenters. The summed E-state index contributed by atoms with van der Waals surface area (Å²) in [6.45, 7) is 8.29. The molecule has 0 spiro atoms. The van der Waals surface area contributed by atoms with E-state index in [4.69, 9.17) is 4.74 Å². The lowest BCUT2D eigenvalue weighted by Crippen LogP contribution is -2.38. The summed E-state index contributed by atoms with van der Waals surface area (Å²) in [6.07, 6.45) is 9.17. The van der Waals surface area contributed by atoms with Crippen LogP contribution in [0.5, 0.6) is 0 Å². The second kappa shape index (κ2) is 8.32. The van der Waals surface area contributed by atoms with Gasteiger partial charge in [0.25, 0.3) is 0 Å². The second-order valence-electron chi connectivity index (χ2n) is 6.83. The van der Waals surface area contributed by atoms with Crippen LogP contribution < -0.4 is 5.32 Å². The van der Waals surface area contributed by atoms with Crippen molar-refractivity contribution in [2.24, 2.45) is 17.8 Å². The summed E-state index contributed by atoms with van der Waals surface area (Å²) in [5.74, 6) is 1.86. The van der Waals surface area contributed by atoms with Gasteiger partial charge >= 0.3 is 0 Å². The van der Waals surface area contributed by atoms with Crippen LogP contribution in [0.15, 0.2) is 18.7 Å². The number of carbonyl (C=O) groups excluding carboxylic acids is 1. The average Bonchev–Trinajstić information content (AvgIpc) is 2.98. The summed E-state index contributed by atoms with van der Waals surface area (Å²) < 4.78 is 7.89. The van der Waals surface area contributed by atoms with E-state index in [1.54, 1.807) is 12.5 Å². The molecule has 1 aromatic rings. The molecule has 0 aliphatic heterocycles. The van der Waals surface area contributed by atoms with E-state index in [1.165, 1.54) is 12.8 Å². The van der Waals surface area contributed by atoms with E-state index in [9.17, 15) is 4.79 Å². The quantitative estimate of drug-likeness (QED) is 0.842. The summed E-state index contributed by atoms with van der Waals surface area (Å²) in [5, 5.41) is 2.90. The minimum atomic E-state index is -0.0270. The highest BCUT2D eigenvalue weighted by Gasteiger charge is 2.31.